The molecule has 0 unspecified atom stereocenters. The highest BCUT2D eigenvalue weighted by Crippen LogP contribution is 2.24. The van der Waals surface area contributed by atoms with Gasteiger partial charge in [-0.1, -0.05) is 53.7 Å². The number of halogens is 1. The Balaban J connectivity index is 1.35. The number of aryl methyl sites for hydroxylation is 2. The van der Waals surface area contributed by atoms with Crippen molar-refractivity contribution in [2.45, 2.75) is 37.6 Å². The summed E-state index contributed by atoms with van der Waals surface area (Å²) < 4.78 is 14.1. The number of aromatic amines is 2. The number of thioether (sulfide) groups is 1. The van der Waals surface area contributed by atoms with Gasteiger partial charge in [-0.3, -0.25) is 14.7 Å². The van der Waals surface area contributed by atoms with Gasteiger partial charge >= 0.3 is 0 Å². The molecule has 9 heteroatoms. The van der Waals surface area contributed by atoms with Gasteiger partial charge in [0.05, 0.1) is 5.69 Å². The number of anilines is 1. The van der Waals surface area contributed by atoms with Gasteiger partial charge in [0.15, 0.2) is 11.0 Å². The van der Waals surface area contributed by atoms with Crippen molar-refractivity contribution in [1.29, 1.82) is 0 Å². The Kier molecular flexibility index (Phi) is 7.22. The maximum Gasteiger partial charge on any atom is 0.254 e. The number of amides is 1. The van der Waals surface area contributed by atoms with E-state index in [0.717, 1.165) is 11.1 Å². The second-order valence-electron chi connectivity index (χ2n) is 7.91. The van der Waals surface area contributed by atoms with Crippen LogP contribution in [0.4, 0.5) is 10.2 Å². The third-order valence-corrected chi connectivity index (χ3v) is 6.22. The summed E-state index contributed by atoms with van der Waals surface area (Å²) in [4.78, 5) is 32.3. The first-order valence-corrected chi connectivity index (χ1v) is 11.8. The van der Waals surface area contributed by atoms with Gasteiger partial charge in [-0.2, -0.15) is 5.10 Å². The highest BCUT2D eigenvalue weighted by Gasteiger charge is 2.14. The van der Waals surface area contributed by atoms with Crippen molar-refractivity contribution in [2.75, 3.05) is 5.32 Å². The van der Waals surface area contributed by atoms with Gasteiger partial charge in [-0.05, 0) is 38.0 Å². The third-order valence-electron chi connectivity index (χ3n) is 5.28. The highest BCUT2D eigenvalue weighted by molar-refractivity contribution is 7.98. The topological polar surface area (TPSA) is 104 Å². The van der Waals surface area contributed by atoms with Gasteiger partial charge in [0.2, 0.25) is 5.91 Å². The predicted molar refractivity (Wildman–Crippen MR) is 131 cm³/mol. The van der Waals surface area contributed by atoms with Gasteiger partial charge in [-0.25, -0.2) is 9.37 Å². The number of benzene rings is 2. The summed E-state index contributed by atoms with van der Waals surface area (Å²) in [5.41, 5.74) is 3.74. The van der Waals surface area contributed by atoms with Crippen LogP contribution in [0.3, 0.4) is 0 Å². The van der Waals surface area contributed by atoms with Crippen LogP contribution in [0.5, 0.6) is 0 Å². The fraction of sp³-hybridized carbons (Fsp3) is 0.200. The number of hydrogen-bond donors (Lipinski definition) is 3. The molecule has 0 saturated heterocycles. The van der Waals surface area contributed by atoms with E-state index in [2.05, 4.69) is 25.5 Å². The zero-order valence-electron chi connectivity index (χ0n) is 18.8. The normalized spacial score (nSPS) is 10.9. The fourth-order valence-electron chi connectivity index (χ4n) is 3.49. The second-order valence-corrected chi connectivity index (χ2v) is 8.87. The third kappa shape index (κ3) is 5.79. The average molecular weight is 478 g/mol. The molecule has 0 aliphatic carbocycles. The summed E-state index contributed by atoms with van der Waals surface area (Å²) in [6.07, 6.45) is 0.330. The first kappa shape index (κ1) is 23.4. The Morgan fingerprint density at radius 1 is 1.12 bits per heavy atom. The van der Waals surface area contributed by atoms with Crippen LogP contribution in [0.25, 0.3) is 11.3 Å². The van der Waals surface area contributed by atoms with Gasteiger partial charge in [0.1, 0.15) is 5.82 Å². The molecule has 0 spiro atoms. The lowest BCUT2D eigenvalue weighted by Gasteiger charge is -2.07. The number of carbonyl (C=O) groups excluding carboxylic acids is 1. The highest BCUT2D eigenvalue weighted by atomic mass is 32.2. The number of nitrogens with zero attached hydrogens (tertiary/aromatic N) is 2. The SMILES string of the molecule is Cc1ccc(F)c(-c2cc(NC(=O)CCc3c(C)nc(SCc4ccccc4)[nH]c3=O)n[nH]2)c1. The van der Waals surface area contributed by atoms with E-state index in [0.29, 0.717) is 33.4 Å². The van der Waals surface area contributed by atoms with E-state index in [1.807, 2.05) is 37.3 Å². The lowest BCUT2D eigenvalue weighted by atomic mass is 10.1. The molecule has 4 rings (SSSR count). The van der Waals surface area contributed by atoms with Gasteiger partial charge in [-0.15, -0.1) is 0 Å². The van der Waals surface area contributed by atoms with Crippen LogP contribution in [-0.2, 0) is 17.0 Å². The summed E-state index contributed by atoms with van der Waals surface area (Å²) in [7, 11) is 0. The molecule has 0 aliphatic rings. The first-order chi connectivity index (χ1) is 16.4. The Morgan fingerprint density at radius 3 is 2.68 bits per heavy atom. The van der Waals surface area contributed by atoms with Crippen LogP contribution in [0, 0.1) is 19.7 Å². The number of H-pyrrole nitrogens is 2. The zero-order chi connectivity index (χ0) is 24.1. The number of nitrogens with one attached hydrogen (secondary N) is 3. The monoisotopic (exact) mass is 477 g/mol. The average Bonchev–Trinajstić information content (AvgIpc) is 3.27. The minimum absolute atomic E-state index is 0.0864. The Hall–Kier alpha value is -3.72. The lowest BCUT2D eigenvalue weighted by molar-refractivity contribution is -0.116. The van der Waals surface area contributed by atoms with E-state index in [9.17, 15) is 14.0 Å². The number of aromatic nitrogens is 4. The molecule has 3 N–H and O–H groups in total. The van der Waals surface area contributed by atoms with Crippen LogP contribution < -0.4 is 10.9 Å². The van der Waals surface area contributed by atoms with E-state index >= 15 is 0 Å². The van der Waals surface area contributed by atoms with Crippen molar-refractivity contribution in [3.05, 3.63) is 93.2 Å². The van der Waals surface area contributed by atoms with Crippen molar-refractivity contribution in [3.8, 4) is 11.3 Å². The van der Waals surface area contributed by atoms with Gasteiger partial charge in [0, 0.05) is 35.1 Å². The Morgan fingerprint density at radius 2 is 1.91 bits per heavy atom. The molecule has 34 heavy (non-hydrogen) atoms. The minimum Gasteiger partial charge on any atom is -0.309 e. The van der Waals surface area contributed by atoms with Crippen molar-refractivity contribution in [2.24, 2.45) is 0 Å². The van der Waals surface area contributed by atoms with Crippen molar-refractivity contribution < 1.29 is 9.18 Å². The van der Waals surface area contributed by atoms with Crippen molar-refractivity contribution in [3.63, 3.8) is 0 Å². The predicted octanol–water partition coefficient (Wildman–Crippen LogP) is 4.78. The molecule has 2 aromatic heterocycles. The molecule has 174 valence electrons. The molecule has 0 radical (unpaired) electrons. The first-order valence-electron chi connectivity index (χ1n) is 10.8. The van der Waals surface area contributed by atoms with Gasteiger partial charge < -0.3 is 10.3 Å². The van der Waals surface area contributed by atoms with Crippen LogP contribution in [-0.4, -0.2) is 26.1 Å². The summed E-state index contributed by atoms with van der Waals surface area (Å²) in [6, 6.07) is 16.3. The molecule has 1 amide bonds. The van der Waals surface area contributed by atoms with Crippen LogP contribution in [0.15, 0.2) is 64.5 Å². The largest absolute Gasteiger partial charge is 0.309 e. The van der Waals surface area contributed by atoms with Crippen molar-refractivity contribution in [1.82, 2.24) is 20.2 Å². The summed E-state index contributed by atoms with van der Waals surface area (Å²) >= 11 is 1.45. The Bertz CT molecular complexity index is 1370. The minimum atomic E-state index is -0.375. The van der Waals surface area contributed by atoms with Gasteiger partial charge in [0.25, 0.3) is 5.56 Å². The molecular formula is C25H24FN5O2S. The molecule has 4 aromatic rings. The second kappa shape index (κ2) is 10.5. The maximum absolute atomic E-state index is 14.1. The quantitative estimate of drug-likeness (QED) is 0.250. The van der Waals surface area contributed by atoms with Crippen LogP contribution in [0.2, 0.25) is 0 Å². The molecule has 2 aromatic carbocycles. The van der Waals surface area contributed by atoms with E-state index in [1.165, 1.54) is 17.8 Å². The van der Waals surface area contributed by atoms with Crippen LogP contribution in [0.1, 0.15) is 28.8 Å². The molecule has 0 bridgehead atoms. The summed E-state index contributed by atoms with van der Waals surface area (Å²) in [5, 5.41) is 10.0. The van der Waals surface area contributed by atoms with E-state index in [4.69, 9.17) is 0 Å². The summed E-state index contributed by atoms with van der Waals surface area (Å²) in [6.45, 7) is 3.64. The number of hydrogen-bond acceptors (Lipinski definition) is 5. The molecular weight excluding hydrogens is 453 g/mol. The van der Waals surface area contributed by atoms with E-state index < -0.39 is 0 Å². The molecule has 0 aliphatic heterocycles. The standard InChI is InChI=1S/C25H24FN5O2S/c1-15-8-10-20(26)19(12-15)21-13-22(31-30-21)28-23(32)11-9-18-16(2)27-25(29-24(18)33)34-14-17-6-4-3-5-7-17/h3-8,10,12-13H,9,11,14H2,1-2H3,(H,27,29,33)(H2,28,30,31,32). The Labute approximate surface area is 200 Å². The molecule has 7 nitrogen and oxygen atoms in total. The van der Waals surface area contributed by atoms with Crippen molar-refractivity contribution >= 4 is 23.5 Å². The number of carbonyl (C=O) groups is 1. The van der Waals surface area contributed by atoms with Crippen LogP contribution >= 0.6 is 11.8 Å². The molecule has 0 atom stereocenters. The van der Waals surface area contributed by atoms with E-state index in [1.54, 1.807) is 25.1 Å². The number of rotatable bonds is 8. The molecule has 0 saturated carbocycles. The fourth-order valence-corrected chi connectivity index (χ4v) is 4.35. The molecule has 2 heterocycles. The summed E-state index contributed by atoms with van der Waals surface area (Å²) in [5.74, 6) is 0.310. The van der Waals surface area contributed by atoms with E-state index in [-0.39, 0.29) is 35.9 Å². The smallest absolute Gasteiger partial charge is 0.254 e. The zero-order valence-corrected chi connectivity index (χ0v) is 19.6. The molecule has 0 fully saturated rings. The lowest BCUT2D eigenvalue weighted by Crippen LogP contribution is -2.20. The maximum atomic E-state index is 14.1.